The van der Waals surface area contributed by atoms with Crippen LogP contribution in [0.4, 0.5) is 4.39 Å². The second-order valence-corrected chi connectivity index (χ2v) is 5.07. The maximum atomic E-state index is 12.9. The standard InChI is InChI=1S/C16H16FNO/c17-14-9-7-13(8-10-14)16(19)18-11-3-5-12-4-1-2-6-15(12)18/h1-2,4,6-10,12,15H,3,5,11H2/t12-,15+/m0/s1. The van der Waals surface area contributed by atoms with Crippen LogP contribution in [0.2, 0.25) is 0 Å². The Bertz CT molecular complexity index is 532. The number of hydrogen-bond acceptors (Lipinski definition) is 1. The van der Waals surface area contributed by atoms with Crippen LogP contribution in [-0.4, -0.2) is 23.4 Å². The average molecular weight is 257 g/mol. The molecule has 0 saturated carbocycles. The molecule has 19 heavy (non-hydrogen) atoms. The summed E-state index contributed by atoms with van der Waals surface area (Å²) in [7, 11) is 0. The van der Waals surface area contributed by atoms with Crippen LogP contribution >= 0.6 is 0 Å². The maximum Gasteiger partial charge on any atom is 0.254 e. The Morgan fingerprint density at radius 3 is 2.68 bits per heavy atom. The quantitative estimate of drug-likeness (QED) is 0.756. The number of benzene rings is 1. The van der Waals surface area contributed by atoms with Crippen LogP contribution in [0.3, 0.4) is 0 Å². The number of nitrogens with zero attached hydrogens (tertiary/aromatic N) is 1. The van der Waals surface area contributed by atoms with Gasteiger partial charge in [-0.05, 0) is 37.1 Å². The van der Waals surface area contributed by atoms with Crippen molar-refractivity contribution in [2.45, 2.75) is 18.9 Å². The number of fused-ring (bicyclic) bond motifs is 1. The predicted octanol–water partition coefficient (Wildman–Crippen LogP) is 3.17. The Kier molecular flexibility index (Phi) is 3.20. The molecule has 0 radical (unpaired) electrons. The molecule has 1 aliphatic carbocycles. The molecule has 3 rings (SSSR count). The fraction of sp³-hybridized carbons (Fsp3) is 0.312. The molecule has 2 aliphatic rings. The summed E-state index contributed by atoms with van der Waals surface area (Å²) in [6.07, 6.45) is 10.5. The molecule has 0 bridgehead atoms. The summed E-state index contributed by atoms with van der Waals surface area (Å²) < 4.78 is 12.9. The number of amides is 1. The van der Waals surface area contributed by atoms with E-state index in [9.17, 15) is 9.18 Å². The van der Waals surface area contributed by atoms with Crippen LogP contribution in [0.15, 0.2) is 48.6 Å². The van der Waals surface area contributed by atoms with Crippen LogP contribution in [0.5, 0.6) is 0 Å². The lowest BCUT2D eigenvalue weighted by Crippen LogP contribution is -2.47. The van der Waals surface area contributed by atoms with Gasteiger partial charge in [0.05, 0.1) is 6.04 Å². The fourth-order valence-corrected chi connectivity index (χ4v) is 2.89. The maximum absolute atomic E-state index is 12.9. The normalized spacial score (nSPS) is 25.2. The molecule has 3 heteroatoms. The summed E-state index contributed by atoms with van der Waals surface area (Å²) >= 11 is 0. The van der Waals surface area contributed by atoms with Gasteiger partial charge in [0.25, 0.3) is 5.91 Å². The summed E-state index contributed by atoms with van der Waals surface area (Å²) in [6, 6.07) is 5.94. The molecule has 1 aliphatic heterocycles. The summed E-state index contributed by atoms with van der Waals surface area (Å²) in [4.78, 5) is 14.4. The van der Waals surface area contributed by atoms with Crippen molar-refractivity contribution in [3.8, 4) is 0 Å². The fourth-order valence-electron chi connectivity index (χ4n) is 2.89. The first-order valence-corrected chi connectivity index (χ1v) is 6.67. The number of halogens is 1. The van der Waals surface area contributed by atoms with Gasteiger partial charge in [-0.3, -0.25) is 4.79 Å². The number of likely N-dealkylation sites (tertiary alicyclic amines) is 1. The van der Waals surface area contributed by atoms with Crippen LogP contribution in [-0.2, 0) is 0 Å². The molecule has 2 atom stereocenters. The van der Waals surface area contributed by atoms with E-state index in [-0.39, 0.29) is 17.8 Å². The van der Waals surface area contributed by atoms with Gasteiger partial charge in [-0.1, -0.05) is 24.3 Å². The molecular weight excluding hydrogens is 241 g/mol. The van der Waals surface area contributed by atoms with Crippen molar-refractivity contribution in [2.24, 2.45) is 5.92 Å². The van der Waals surface area contributed by atoms with E-state index < -0.39 is 0 Å². The lowest BCUT2D eigenvalue weighted by Gasteiger charge is -2.39. The van der Waals surface area contributed by atoms with Gasteiger partial charge in [-0.15, -0.1) is 0 Å². The number of allylic oxidation sites excluding steroid dienone is 2. The number of carbonyl (C=O) groups excluding carboxylic acids is 1. The van der Waals surface area contributed by atoms with E-state index in [4.69, 9.17) is 0 Å². The van der Waals surface area contributed by atoms with Crippen LogP contribution in [0.25, 0.3) is 0 Å². The van der Waals surface area contributed by atoms with Gasteiger partial charge < -0.3 is 4.90 Å². The molecule has 2 nitrogen and oxygen atoms in total. The monoisotopic (exact) mass is 257 g/mol. The zero-order valence-electron chi connectivity index (χ0n) is 10.6. The molecule has 1 aromatic rings. The third-order valence-corrected chi connectivity index (χ3v) is 3.86. The van der Waals surface area contributed by atoms with Crippen molar-refractivity contribution in [3.05, 3.63) is 60.0 Å². The Morgan fingerprint density at radius 1 is 1.16 bits per heavy atom. The molecule has 0 N–H and O–H groups in total. The molecule has 0 unspecified atom stereocenters. The Hall–Kier alpha value is -1.90. The minimum atomic E-state index is -0.312. The molecule has 1 heterocycles. The Balaban J connectivity index is 1.84. The van der Waals surface area contributed by atoms with Crippen molar-refractivity contribution in [1.29, 1.82) is 0 Å². The molecule has 1 saturated heterocycles. The smallest absolute Gasteiger partial charge is 0.254 e. The molecule has 1 aromatic carbocycles. The van der Waals surface area contributed by atoms with Crippen molar-refractivity contribution < 1.29 is 9.18 Å². The average Bonchev–Trinajstić information content (AvgIpc) is 2.47. The van der Waals surface area contributed by atoms with E-state index in [1.807, 2.05) is 17.1 Å². The minimum Gasteiger partial charge on any atom is -0.332 e. The Labute approximate surface area is 112 Å². The molecular formula is C16H16FNO. The van der Waals surface area contributed by atoms with Gasteiger partial charge in [0.15, 0.2) is 0 Å². The van der Waals surface area contributed by atoms with Crippen molar-refractivity contribution >= 4 is 5.91 Å². The largest absolute Gasteiger partial charge is 0.332 e. The lowest BCUT2D eigenvalue weighted by molar-refractivity contribution is 0.0614. The SMILES string of the molecule is O=C(c1ccc(F)cc1)N1CCC[C@@H]2C=CC=C[C@H]21. The second kappa shape index (κ2) is 5.00. The van der Waals surface area contributed by atoms with Gasteiger partial charge in [0.1, 0.15) is 5.82 Å². The van der Waals surface area contributed by atoms with Gasteiger partial charge in [0, 0.05) is 18.0 Å². The number of hydrogen-bond donors (Lipinski definition) is 0. The summed E-state index contributed by atoms with van der Waals surface area (Å²) in [5, 5.41) is 0. The van der Waals surface area contributed by atoms with Crippen LogP contribution in [0, 0.1) is 11.7 Å². The first kappa shape index (κ1) is 12.2. The topological polar surface area (TPSA) is 20.3 Å². The van der Waals surface area contributed by atoms with Gasteiger partial charge >= 0.3 is 0 Å². The second-order valence-electron chi connectivity index (χ2n) is 5.07. The van der Waals surface area contributed by atoms with Gasteiger partial charge in [0.2, 0.25) is 0 Å². The summed E-state index contributed by atoms with van der Waals surface area (Å²) in [5.41, 5.74) is 0.560. The predicted molar refractivity (Wildman–Crippen MR) is 72.2 cm³/mol. The zero-order valence-corrected chi connectivity index (χ0v) is 10.6. The first-order valence-electron chi connectivity index (χ1n) is 6.67. The first-order chi connectivity index (χ1) is 9.25. The van der Waals surface area contributed by atoms with E-state index in [1.165, 1.54) is 12.1 Å². The van der Waals surface area contributed by atoms with Gasteiger partial charge in [-0.25, -0.2) is 4.39 Å². The van der Waals surface area contributed by atoms with E-state index in [2.05, 4.69) is 12.2 Å². The third kappa shape index (κ3) is 2.33. The summed E-state index contributed by atoms with van der Waals surface area (Å²) in [5.74, 6) is 0.103. The minimum absolute atomic E-state index is 0.00495. The molecule has 1 fully saturated rings. The summed E-state index contributed by atoms with van der Waals surface area (Å²) in [6.45, 7) is 0.773. The lowest BCUT2D eigenvalue weighted by atomic mass is 9.86. The number of carbonyl (C=O) groups is 1. The highest BCUT2D eigenvalue weighted by atomic mass is 19.1. The van der Waals surface area contributed by atoms with Crippen molar-refractivity contribution in [2.75, 3.05) is 6.54 Å². The zero-order chi connectivity index (χ0) is 13.2. The van der Waals surface area contributed by atoms with E-state index in [1.54, 1.807) is 12.1 Å². The van der Waals surface area contributed by atoms with E-state index in [0.717, 1.165) is 19.4 Å². The van der Waals surface area contributed by atoms with Gasteiger partial charge in [-0.2, -0.15) is 0 Å². The highest BCUT2D eigenvalue weighted by molar-refractivity contribution is 5.94. The molecule has 98 valence electrons. The Morgan fingerprint density at radius 2 is 1.89 bits per heavy atom. The molecule has 0 aromatic heterocycles. The number of rotatable bonds is 1. The van der Waals surface area contributed by atoms with Crippen molar-refractivity contribution in [3.63, 3.8) is 0 Å². The van der Waals surface area contributed by atoms with E-state index >= 15 is 0 Å². The highest BCUT2D eigenvalue weighted by Gasteiger charge is 2.32. The third-order valence-electron chi connectivity index (χ3n) is 3.86. The molecule has 1 amide bonds. The van der Waals surface area contributed by atoms with Crippen molar-refractivity contribution in [1.82, 2.24) is 4.90 Å². The number of piperidine rings is 1. The molecule has 0 spiro atoms. The highest BCUT2D eigenvalue weighted by Crippen LogP contribution is 2.29. The van der Waals surface area contributed by atoms with E-state index in [0.29, 0.717) is 11.5 Å². The van der Waals surface area contributed by atoms with Crippen LogP contribution in [0.1, 0.15) is 23.2 Å². The van der Waals surface area contributed by atoms with Crippen LogP contribution < -0.4 is 0 Å².